The highest BCUT2D eigenvalue weighted by molar-refractivity contribution is 5.72. The van der Waals surface area contributed by atoms with Crippen molar-refractivity contribution in [3.63, 3.8) is 0 Å². The van der Waals surface area contributed by atoms with Gasteiger partial charge >= 0.3 is 0 Å². The minimum Gasteiger partial charge on any atom is -0.346 e. The van der Waals surface area contributed by atoms with E-state index in [-0.39, 0.29) is 0 Å². The number of nitrogens with one attached hydrogen (secondary N) is 1. The van der Waals surface area contributed by atoms with Crippen molar-refractivity contribution >= 4 is 11.0 Å². The van der Waals surface area contributed by atoms with Gasteiger partial charge in [-0.2, -0.15) is 0 Å². The number of fused-ring (bicyclic) bond motifs is 1. The molecule has 0 aliphatic carbocycles. The third-order valence-corrected chi connectivity index (χ3v) is 1.51. The Morgan fingerprint density at radius 2 is 2.14 bits per heavy atom. The maximum atomic E-state index is 4.22. The molecule has 0 bridgehead atoms. The lowest BCUT2D eigenvalue weighted by molar-refractivity contribution is 0.393. The van der Waals surface area contributed by atoms with E-state index in [1.54, 1.807) is 0 Å². The Labute approximate surface area is 78.9 Å². The average Bonchev–Trinajstić information content (AvgIpc) is 2.92. The van der Waals surface area contributed by atoms with Gasteiger partial charge in [0.2, 0.25) is 0 Å². The van der Waals surface area contributed by atoms with Crippen LogP contribution in [-0.4, -0.2) is 25.8 Å². The first-order chi connectivity index (χ1) is 6.97. The van der Waals surface area contributed by atoms with Gasteiger partial charge in [-0.3, -0.25) is 5.10 Å². The van der Waals surface area contributed by atoms with Crippen LogP contribution in [0, 0.1) is 0 Å². The van der Waals surface area contributed by atoms with Crippen LogP contribution >= 0.6 is 0 Å². The summed E-state index contributed by atoms with van der Waals surface area (Å²) in [5, 5.41) is 16.6. The molecule has 3 rings (SSSR count). The molecule has 70 valence electrons. The highest BCUT2D eigenvalue weighted by Gasteiger charge is 1.90. The Bertz CT molecular complexity index is 428. The predicted molar refractivity (Wildman–Crippen MR) is 48.2 cm³/mol. The predicted octanol–water partition coefficient (Wildman–Crippen LogP) is 1.03. The first-order valence-corrected chi connectivity index (χ1v) is 3.93. The van der Waals surface area contributed by atoms with Crippen LogP contribution in [0.2, 0.25) is 0 Å². The van der Waals surface area contributed by atoms with E-state index in [0.717, 1.165) is 11.0 Å². The molecule has 0 saturated carbocycles. The SMILES string of the molecule is c1ccc2[nH]nnc2c1.c1conn1. The molecule has 0 spiro atoms. The Morgan fingerprint density at radius 1 is 1.21 bits per heavy atom. The minimum absolute atomic E-state index is 0.914. The van der Waals surface area contributed by atoms with Gasteiger partial charge in [-0.05, 0) is 12.1 Å². The summed E-state index contributed by atoms with van der Waals surface area (Å²) < 4.78 is 4.22. The summed E-state index contributed by atoms with van der Waals surface area (Å²) in [6.07, 6.45) is 2.88. The molecule has 14 heavy (non-hydrogen) atoms. The molecule has 6 heteroatoms. The molecule has 2 heterocycles. The molecule has 1 aromatic carbocycles. The van der Waals surface area contributed by atoms with Crippen molar-refractivity contribution in [1.82, 2.24) is 25.8 Å². The second kappa shape index (κ2) is 4.13. The maximum Gasteiger partial charge on any atom is 0.144 e. The van der Waals surface area contributed by atoms with Gasteiger partial charge in [-0.15, -0.1) is 10.2 Å². The first-order valence-electron chi connectivity index (χ1n) is 3.93. The van der Waals surface area contributed by atoms with E-state index in [1.807, 2.05) is 24.3 Å². The normalized spacial score (nSPS) is 9.43. The van der Waals surface area contributed by atoms with Gasteiger partial charge < -0.3 is 4.52 Å². The lowest BCUT2D eigenvalue weighted by atomic mass is 10.3. The Balaban J connectivity index is 0.000000128. The Morgan fingerprint density at radius 3 is 2.79 bits per heavy atom. The number of aromatic nitrogens is 5. The number of hydrogen-bond donors (Lipinski definition) is 1. The van der Waals surface area contributed by atoms with Crippen LogP contribution in [0.5, 0.6) is 0 Å². The number of para-hydroxylation sites is 1. The van der Waals surface area contributed by atoms with E-state index in [4.69, 9.17) is 0 Å². The van der Waals surface area contributed by atoms with Crippen molar-refractivity contribution in [3.05, 3.63) is 36.7 Å². The summed E-state index contributed by atoms with van der Waals surface area (Å²) in [6.45, 7) is 0. The highest BCUT2D eigenvalue weighted by atomic mass is 16.5. The number of hydrogen-bond acceptors (Lipinski definition) is 5. The first kappa shape index (κ1) is 8.36. The second-order valence-electron chi connectivity index (χ2n) is 2.42. The van der Waals surface area contributed by atoms with Crippen molar-refractivity contribution in [2.75, 3.05) is 0 Å². The molecule has 6 nitrogen and oxygen atoms in total. The van der Waals surface area contributed by atoms with Crippen molar-refractivity contribution in [2.24, 2.45) is 0 Å². The molecular weight excluding hydrogens is 182 g/mol. The molecule has 0 saturated heterocycles. The van der Waals surface area contributed by atoms with Crippen molar-refractivity contribution in [2.45, 2.75) is 0 Å². The number of nitrogens with zero attached hydrogens (tertiary/aromatic N) is 4. The maximum absolute atomic E-state index is 4.22. The van der Waals surface area contributed by atoms with Crippen LogP contribution in [-0.2, 0) is 0 Å². The van der Waals surface area contributed by atoms with Gasteiger partial charge in [0, 0.05) is 5.27 Å². The van der Waals surface area contributed by atoms with Gasteiger partial charge in [0.25, 0.3) is 0 Å². The standard InChI is InChI=1S/C6H5N3.C2H2N2O/c1-2-4-6-5(3-1)7-9-8-6;1-2-5-4-3-1/h1-4H,(H,7,8,9);1-2H. The summed E-state index contributed by atoms with van der Waals surface area (Å²) in [6, 6.07) is 7.74. The van der Waals surface area contributed by atoms with Gasteiger partial charge in [-0.25, -0.2) is 0 Å². The Kier molecular flexibility index (Phi) is 2.46. The molecule has 1 N–H and O–H groups in total. The average molecular weight is 189 g/mol. The molecule has 0 fully saturated rings. The van der Waals surface area contributed by atoms with Crippen molar-refractivity contribution in [3.8, 4) is 0 Å². The monoisotopic (exact) mass is 189 g/mol. The lowest BCUT2D eigenvalue weighted by Gasteiger charge is -1.79. The van der Waals surface area contributed by atoms with Gasteiger partial charge in [-0.1, -0.05) is 17.3 Å². The second-order valence-corrected chi connectivity index (χ2v) is 2.42. The molecule has 0 unspecified atom stereocenters. The van der Waals surface area contributed by atoms with Crippen LogP contribution in [0.3, 0.4) is 0 Å². The third kappa shape index (κ3) is 1.92. The number of H-pyrrole nitrogens is 1. The number of rotatable bonds is 0. The van der Waals surface area contributed by atoms with E-state index in [0.29, 0.717) is 0 Å². The Hall–Kier alpha value is -2.24. The zero-order valence-electron chi connectivity index (χ0n) is 7.16. The summed E-state index contributed by atoms with van der Waals surface area (Å²) >= 11 is 0. The third-order valence-electron chi connectivity index (χ3n) is 1.51. The highest BCUT2D eigenvalue weighted by Crippen LogP contribution is 2.03. The fourth-order valence-corrected chi connectivity index (χ4v) is 0.924. The fraction of sp³-hybridized carbons (Fsp3) is 0. The summed E-state index contributed by atoms with van der Waals surface area (Å²) in [7, 11) is 0. The zero-order valence-corrected chi connectivity index (χ0v) is 7.16. The summed E-state index contributed by atoms with van der Waals surface area (Å²) in [5.74, 6) is 0. The van der Waals surface area contributed by atoms with Gasteiger partial charge in [0.1, 0.15) is 11.8 Å². The van der Waals surface area contributed by atoms with Crippen LogP contribution in [0.4, 0.5) is 0 Å². The van der Waals surface area contributed by atoms with Crippen molar-refractivity contribution in [1.29, 1.82) is 0 Å². The largest absolute Gasteiger partial charge is 0.346 e. The quantitative estimate of drug-likeness (QED) is 0.571. The summed E-state index contributed by atoms with van der Waals surface area (Å²) in [5.41, 5.74) is 1.90. The lowest BCUT2D eigenvalue weighted by Crippen LogP contribution is -1.63. The van der Waals surface area contributed by atoms with Crippen LogP contribution in [0.15, 0.2) is 41.2 Å². The molecule has 0 radical (unpaired) electrons. The van der Waals surface area contributed by atoms with Crippen LogP contribution in [0.1, 0.15) is 0 Å². The molecule has 3 aromatic rings. The van der Waals surface area contributed by atoms with Gasteiger partial charge in [0.15, 0.2) is 0 Å². The van der Waals surface area contributed by atoms with Crippen LogP contribution in [0.25, 0.3) is 11.0 Å². The van der Waals surface area contributed by atoms with E-state index in [9.17, 15) is 0 Å². The van der Waals surface area contributed by atoms with Crippen molar-refractivity contribution < 1.29 is 4.52 Å². The van der Waals surface area contributed by atoms with E-state index >= 15 is 0 Å². The topological polar surface area (TPSA) is 80.5 Å². The van der Waals surface area contributed by atoms with Crippen LogP contribution < -0.4 is 0 Å². The van der Waals surface area contributed by atoms with Gasteiger partial charge in [0.05, 0.1) is 11.7 Å². The summed E-state index contributed by atoms with van der Waals surface area (Å²) in [4.78, 5) is 0. The van der Waals surface area contributed by atoms with E-state index < -0.39 is 0 Å². The number of benzene rings is 1. The molecule has 0 aliphatic heterocycles. The molecule has 2 aromatic heterocycles. The smallest absolute Gasteiger partial charge is 0.144 e. The zero-order chi connectivity index (χ0) is 9.64. The van der Waals surface area contributed by atoms with E-state index in [1.165, 1.54) is 12.5 Å². The molecule has 0 aliphatic rings. The number of aromatic amines is 1. The fourth-order valence-electron chi connectivity index (χ4n) is 0.924. The van der Waals surface area contributed by atoms with E-state index in [2.05, 4.69) is 30.3 Å². The molecule has 0 amide bonds. The molecular formula is C8H7N5O. The molecule has 0 atom stereocenters. The minimum atomic E-state index is 0.914.